The Morgan fingerprint density at radius 3 is 2.65 bits per heavy atom. The van der Waals surface area contributed by atoms with Gasteiger partial charge in [-0.2, -0.15) is 0 Å². The van der Waals surface area contributed by atoms with Gasteiger partial charge in [0.15, 0.2) is 0 Å². The highest BCUT2D eigenvalue weighted by atomic mass is 16.3. The lowest BCUT2D eigenvalue weighted by atomic mass is 10.4. The molecule has 0 saturated carbocycles. The molecule has 0 aliphatic heterocycles. The molecule has 0 aromatic carbocycles. The number of hydrogen-bond acceptors (Lipinski definition) is 4. The predicted octanol–water partition coefficient (Wildman–Crippen LogP) is 3.11. The number of anilines is 2. The van der Waals surface area contributed by atoms with Crippen LogP contribution >= 0.6 is 0 Å². The summed E-state index contributed by atoms with van der Waals surface area (Å²) in [6, 6.07) is 9.71. The second-order valence-electron chi connectivity index (χ2n) is 3.77. The van der Waals surface area contributed by atoms with Gasteiger partial charge in [0.05, 0.1) is 12.8 Å². The number of hydrogen-bond donors (Lipinski definition) is 2. The summed E-state index contributed by atoms with van der Waals surface area (Å²) < 4.78 is 5.24. The average molecular weight is 231 g/mol. The van der Waals surface area contributed by atoms with Gasteiger partial charge in [-0.3, -0.25) is 0 Å². The largest absolute Gasteiger partial charge is 0.467 e. The molecular formula is C13H17N3O. The molecule has 0 radical (unpaired) electrons. The van der Waals surface area contributed by atoms with Gasteiger partial charge in [0.2, 0.25) is 0 Å². The zero-order valence-corrected chi connectivity index (χ0v) is 9.94. The molecule has 0 fully saturated rings. The lowest BCUT2D eigenvalue weighted by molar-refractivity contribution is 0.518. The Labute approximate surface area is 101 Å². The molecule has 0 spiro atoms. The molecule has 2 N–H and O–H groups in total. The molecule has 4 heteroatoms. The molecule has 17 heavy (non-hydrogen) atoms. The maximum Gasteiger partial charge on any atom is 0.128 e. The maximum atomic E-state index is 5.24. The van der Waals surface area contributed by atoms with Crippen molar-refractivity contribution in [3.63, 3.8) is 0 Å². The molecular weight excluding hydrogens is 214 g/mol. The first-order valence-corrected chi connectivity index (χ1v) is 5.85. The Morgan fingerprint density at radius 1 is 1.12 bits per heavy atom. The first-order valence-electron chi connectivity index (χ1n) is 5.85. The minimum atomic E-state index is 0.650. The van der Waals surface area contributed by atoms with Crippen LogP contribution in [0.1, 0.15) is 19.1 Å². The van der Waals surface area contributed by atoms with Crippen molar-refractivity contribution in [3.05, 3.63) is 42.4 Å². The zero-order valence-electron chi connectivity index (χ0n) is 9.94. The molecule has 2 heterocycles. The molecule has 0 bridgehead atoms. The Bertz CT molecular complexity index is 440. The van der Waals surface area contributed by atoms with Crippen LogP contribution in [0, 0.1) is 0 Å². The van der Waals surface area contributed by atoms with Gasteiger partial charge < -0.3 is 15.1 Å². The predicted molar refractivity (Wildman–Crippen MR) is 69.1 cm³/mol. The summed E-state index contributed by atoms with van der Waals surface area (Å²) in [4.78, 5) is 4.45. The van der Waals surface area contributed by atoms with E-state index in [2.05, 4.69) is 22.5 Å². The van der Waals surface area contributed by atoms with Gasteiger partial charge in [-0.25, -0.2) is 4.98 Å². The summed E-state index contributed by atoms with van der Waals surface area (Å²) >= 11 is 0. The summed E-state index contributed by atoms with van der Waals surface area (Å²) in [5.74, 6) is 2.65. The fourth-order valence-corrected chi connectivity index (χ4v) is 1.48. The highest BCUT2D eigenvalue weighted by Crippen LogP contribution is 2.10. The van der Waals surface area contributed by atoms with Crippen molar-refractivity contribution in [1.29, 1.82) is 0 Å². The summed E-state index contributed by atoms with van der Waals surface area (Å²) in [5.41, 5.74) is 0. The number of nitrogens with zero attached hydrogens (tertiary/aromatic N) is 1. The number of aromatic nitrogens is 1. The van der Waals surface area contributed by atoms with Crippen molar-refractivity contribution < 1.29 is 4.42 Å². The second-order valence-corrected chi connectivity index (χ2v) is 3.77. The van der Waals surface area contributed by atoms with E-state index in [0.29, 0.717) is 6.54 Å². The van der Waals surface area contributed by atoms with Crippen LogP contribution < -0.4 is 10.6 Å². The van der Waals surface area contributed by atoms with Crippen molar-refractivity contribution in [2.24, 2.45) is 0 Å². The molecule has 0 unspecified atom stereocenters. The van der Waals surface area contributed by atoms with Crippen molar-refractivity contribution in [1.82, 2.24) is 4.98 Å². The first-order chi connectivity index (χ1) is 8.38. The van der Waals surface area contributed by atoms with Gasteiger partial charge in [-0.15, -0.1) is 0 Å². The molecule has 0 amide bonds. The Kier molecular flexibility index (Phi) is 4.02. The molecule has 0 aliphatic carbocycles. The third-order valence-electron chi connectivity index (χ3n) is 2.33. The summed E-state index contributed by atoms with van der Waals surface area (Å²) in [6.45, 7) is 3.72. The van der Waals surface area contributed by atoms with E-state index < -0.39 is 0 Å². The quantitative estimate of drug-likeness (QED) is 0.802. The normalized spacial score (nSPS) is 10.2. The van der Waals surface area contributed by atoms with Crippen molar-refractivity contribution in [2.75, 3.05) is 17.2 Å². The van der Waals surface area contributed by atoms with E-state index in [4.69, 9.17) is 4.42 Å². The van der Waals surface area contributed by atoms with Gasteiger partial charge in [0.1, 0.15) is 17.4 Å². The van der Waals surface area contributed by atoms with Crippen LogP contribution in [0.2, 0.25) is 0 Å². The van der Waals surface area contributed by atoms with E-state index >= 15 is 0 Å². The first kappa shape index (κ1) is 11.5. The van der Waals surface area contributed by atoms with E-state index in [9.17, 15) is 0 Å². The van der Waals surface area contributed by atoms with Crippen LogP contribution in [0.5, 0.6) is 0 Å². The fourth-order valence-electron chi connectivity index (χ4n) is 1.48. The summed E-state index contributed by atoms with van der Waals surface area (Å²) in [5, 5.41) is 6.47. The Morgan fingerprint density at radius 2 is 1.94 bits per heavy atom. The molecule has 2 aromatic rings. The molecule has 2 aromatic heterocycles. The van der Waals surface area contributed by atoms with Crippen LogP contribution in [0.3, 0.4) is 0 Å². The smallest absolute Gasteiger partial charge is 0.128 e. The van der Waals surface area contributed by atoms with Crippen LogP contribution in [-0.4, -0.2) is 11.5 Å². The second kappa shape index (κ2) is 5.94. The third kappa shape index (κ3) is 3.52. The van der Waals surface area contributed by atoms with E-state index in [1.54, 1.807) is 6.26 Å². The fraction of sp³-hybridized carbons (Fsp3) is 0.308. The lowest BCUT2D eigenvalue weighted by Crippen LogP contribution is -2.05. The molecule has 4 nitrogen and oxygen atoms in total. The topological polar surface area (TPSA) is 50.1 Å². The van der Waals surface area contributed by atoms with Gasteiger partial charge in [-0.1, -0.05) is 13.0 Å². The number of furan rings is 1. The van der Waals surface area contributed by atoms with Gasteiger partial charge >= 0.3 is 0 Å². The van der Waals surface area contributed by atoms with Crippen LogP contribution in [0.25, 0.3) is 0 Å². The minimum absolute atomic E-state index is 0.650. The summed E-state index contributed by atoms with van der Waals surface area (Å²) in [7, 11) is 0. The highest BCUT2D eigenvalue weighted by molar-refractivity contribution is 5.45. The average Bonchev–Trinajstić information content (AvgIpc) is 2.87. The zero-order chi connectivity index (χ0) is 11.9. The van der Waals surface area contributed by atoms with E-state index in [1.807, 2.05) is 30.3 Å². The molecule has 0 atom stereocenters. The van der Waals surface area contributed by atoms with E-state index in [0.717, 1.165) is 30.4 Å². The lowest BCUT2D eigenvalue weighted by Gasteiger charge is -2.07. The van der Waals surface area contributed by atoms with Crippen LogP contribution in [-0.2, 0) is 6.54 Å². The van der Waals surface area contributed by atoms with Crippen molar-refractivity contribution in [2.45, 2.75) is 19.9 Å². The number of rotatable bonds is 6. The van der Waals surface area contributed by atoms with Gasteiger partial charge in [0, 0.05) is 6.54 Å². The summed E-state index contributed by atoms with van der Waals surface area (Å²) in [6.07, 6.45) is 2.76. The molecule has 0 aliphatic rings. The monoisotopic (exact) mass is 231 g/mol. The minimum Gasteiger partial charge on any atom is -0.467 e. The van der Waals surface area contributed by atoms with Crippen molar-refractivity contribution >= 4 is 11.6 Å². The highest BCUT2D eigenvalue weighted by Gasteiger charge is 1.98. The third-order valence-corrected chi connectivity index (χ3v) is 2.33. The molecule has 90 valence electrons. The van der Waals surface area contributed by atoms with Crippen molar-refractivity contribution in [3.8, 4) is 0 Å². The number of pyridine rings is 1. The van der Waals surface area contributed by atoms with E-state index in [1.165, 1.54) is 0 Å². The van der Waals surface area contributed by atoms with Gasteiger partial charge in [-0.05, 0) is 30.7 Å². The Hall–Kier alpha value is -1.97. The SMILES string of the molecule is CCCNc1cccc(NCc2ccco2)n1. The maximum absolute atomic E-state index is 5.24. The Balaban J connectivity index is 1.91. The van der Waals surface area contributed by atoms with Crippen LogP contribution in [0.4, 0.5) is 11.6 Å². The standard InChI is InChI=1S/C13H17N3O/c1-2-8-14-12-6-3-7-13(16-12)15-10-11-5-4-9-17-11/h3-7,9H,2,8,10H2,1H3,(H2,14,15,16). The molecule has 2 rings (SSSR count). The number of nitrogens with one attached hydrogen (secondary N) is 2. The van der Waals surface area contributed by atoms with Gasteiger partial charge in [0.25, 0.3) is 0 Å². The van der Waals surface area contributed by atoms with Crippen LogP contribution in [0.15, 0.2) is 41.0 Å². The molecule has 0 saturated heterocycles. The van der Waals surface area contributed by atoms with E-state index in [-0.39, 0.29) is 0 Å².